The molecule has 0 unspecified atom stereocenters. The van der Waals surface area contributed by atoms with Crippen LogP contribution in [0.25, 0.3) is 5.65 Å². The van der Waals surface area contributed by atoms with E-state index in [-0.39, 0.29) is 5.69 Å². The van der Waals surface area contributed by atoms with Crippen molar-refractivity contribution in [2.24, 2.45) is 0 Å². The summed E-state index contributed by atoms with van der Waals surface area (Å²) in [6.07, 6.45) is -4.43. The number of nitrogens with one attached hydrogen (secondary N) is 1. The number of halogens is 3. The van der Waals surface area contributed by atoms with Crippen molar-refractivity contribution < 1.29 is 13.2 Å². The number of benzene rings is 1. The molecule has 3 aromatic rings. The van der Waals surface area contributed by atoms with E-state index in [1.54, 1.807) is 32.0 Å². The van der Waals surface area contributed by atoms with Crippen molar-refractivity contribution in [2.75, 3.05) is 5.32 Å². The van der Waals surface area contributed by atoms with Crippen LogP contribution in [-0.2, 0) is 6.18 Å². The van der Waals surface area contributed by atoms with E-state index >= 15 is 0 Å². The summed E-state index contributed by atoms with van der Waals surface area (Å²) in [7, 11) is 0. The van der Waals surface area contributed by atoms with Gasteiger partial charge in [-0.25, -0.2) is 4.98 Å². The molecule has 0 saturated carbocycles. The SMILES string of the molecule is Cc1cc(Nc2ccccc2C(F)(F)F)n2nc(C)cc2n1. The number of nitrogens with zero attached hydrogens (tertiary/aromatic N) is 3. The van der Waals surface area contributed by atoms with E-state index in [0.29, 0.717) is 17.2 Å². The summed E-state index contributed by atoms with van der Waals surface area (Å²) < 4.78 is 40.7. The van der Waals surface area contributed by atoms with Crippen molar-refractivity contribution in [1.29, 1.82) is 0 Å². The summed E-state index contributed by atoms with van der Waals surface area (Å²) >= 11 is 0. The Hall–Kier alpha value is -2.57. The van der Waals surface area contributed by atoms with E-state index in [1.807, 2.05) is 0 Å². The second-order valence-corrected chi connectivity index (χ2v) is 5.01. The molecule has 0 radical (unpaired) electrons. The molecule has 0 amide bonds. The van der Waals surface area contributed by atoms with E-state index in [0.717, 1.165) is 11.8 Å². The lowest BCUT2D eigenvalue weighted by Crippen LogP contribution is -2.10. The third-order valence-electron chi connectivity index (χ3n) is 3.17. The molecule has 2 heterocycles. The minimum Gasteiger partial charge on any atom is -0.340 e. The Morgan fingerprint density at radius 1 is 1.05 bits per heavy atom. The molecule has 114 valence electrons. The number of fused-ring (bicyclic) bond motifs is 1. The highest BCUT2D eigenvalue weighted by molar-refractivity contribution is 5.64. The molecular formula is C15H13F3N4. The molecule has 0 bridgehead atoms. The van der Waals surface area contributed by atoms with E-state index in [1.165, 1.54) is 16.6 Å². The first-order chi connectivity index (χ1) is 10.3. The average molecular weight is 306 g/mol. The summed E-state index contributed by atoms with van der Waals surface area (Å²) in [5, 5.41) is 7.07. The maximum absolute atomic E-state index is 13.1. The number of hydrogen-bond acceptors (Lipinski definition) is 3. The Kier molecular flexibility index (Phi) is 3.27. The number of anilines is 2. The molecule has 0 saturated heterocycles. The molecule has 0 aliphatic carbocycles. The number of para-hydroxylation sites is 1. The number of alkyl halides is 3. The zero-order valence-electron chi connectivity index (χ0n) is 11.9. The third-order valence-corrected chi connectivity index (χ3v) is 3.17. The Balaban J connectivity index is 2.11. The average Bonchev–Trinajstić information content (AvgIpc) is 2.78. The summed E-state index contributed by atoms with van der Waals surface area (Å²) in [4.78, 5) is 4.31. The van der Waals surface area contributed by atoms with Gasteiger partial charge in [0, 0.05) is 17.8 Å². The molecule has 22 heavy (non-hydrogen) atoms. The van der Waals surface area contributed by atoms with E-state index in [2.05, 4.69) is 15.4 Å². The van der Waals surface area contributed by atoms with Crippen LogP contribution in [-0.4, -0.2) is 14.6 Å². The van der Waals surface area contributed by atoms with Crippen molar-refractivity contribution in [3.8, 4) is 0 Å². The first-order valence-corrected chi connectivity index (χ1v) is 6.62. The summed E-state index contributed by atoms with van der Waals surface area (Å²) in [6.45, 7) is 3.58. The fourth-order valence-electron chi connectivity index (χ4n) is 2.28. The maximum atomic E-state index is 13.1. The zero-order chi connectivity index (χ0) is 15.9. The second kappa shape index (κ2) is 5.01. The van der Waals surface area contributed by atoms with Gasteiger partial charge in [0.1, 0.15) is 5.82 Å². The standard InChI is InChI=1S/C15H13F3N4/c1-9-7-14(22-13(19-9)8-10(2)21-22)20-12-6-4-3-5-11(12)15(16,17)18/h3-8,20H,1-2H3. The van der Waals surface area contributed by atoms with Gasteiger partial charge in [-0.1, -0.05) is 12.1 Å². The van der Waals surface area contributed by atoms with E-state index in [4.69, 9.17) is 0 Å². The van der Waals surface area contributed by atoms with Gasteiger partial charge in [-0.2, -0.15) is 22.8 Å². The predicted octanol–water partition coefficient (Wildman–Crippen LogP) is 4.11. The summed E-state index contributed by atoms with van der Waals surface area (Å²) in [5.74, 6) is 0.437. The smallest absolute Gasteiger partial charge is 0.340 e. The zero-order valence-corrected chi connectivity index (χ0v) is 11.9. The van der Waals surface area contributed by atoms with Gasteiger partial charge in [0.2, 0.25) is 0 Å². The molecule has 0 spiro atoms. The highest BCUT2D eigenvalue weighted by atomic mass is 19.4. The molecule has 2 aromatic heterocycles. The first kappa shape index (κ1) is 14.4. The van der Waals surface area contributed by atoms with Gasteiger partial charge in [0.05, 0.1) is 16.9 Å². The largest absolute Gasteiger partial charge is 0.418 e. The van der Waals surface area contributed by atoms with E-state index < -0.39 is 11.7 Å². The van der Waals surface area contributed by atoms with Gasteiger partial charge < -0.3 is 5.32 Å². The van der Waals surface area contributed by atoms with Gasteiger partial charge in [-0.15, -0.1) is 0 Å². The monoisotopic (exact) mass is 306 g/mol. The van der Waals surface area contributed by atoms with Crippen molar-refractivity contribution >= 4 is 17.2 Å². The van der Waals surface area contributed by atoms with E-state index in [9.17, 15) is 13.2 Å². The topological polar surface area (TPSA) is 42.2 Å². The summed E-state index contributed by atoms with van der Waals surface area (Å²) in [5.41, 5.74) is 1.28. The Bertz CT molecular complexity index is 836. The quantitative estimate of drug-likeness (QED) is 0.775. The van der Waals surface area contributed by atoms with Crippen LogP contribution >= 0.6 is 0 Å². The first-order valence-electron chi connectivity index (χ1n) is 6.62. The molecule has 1 N–H and O–H groups in total. The fourth-order valence-corrected chi connectivity index (χ4v) is 2.28. The molecule has 0 fully saturated rings. The molecule has 0 aliphatic heterocycles. The van der Waals surface area contributed by atoms with Gasteiger partial charge in [-0.05, 0) is 26.0 Å². The minimum atomic E-state index is -4.43. The van der Waals surface area contributed by atoms with Crippen LogP contribution in [0.3, 0.4) is 0 Å². The summed E-state index contributed by atoms with van der Waals surface area (Å²) in [6, 6.07) is 8.78. The Morgan fingerprint density at radius 3 is 2.50 bits per heavy atom. The highest BCUT2D eigenvalue weighted by Crippen LogP contribution is 2.35. The normalized spacial score (nSPS) is 11.9. The van der Waals surface area contributed by atoms with Crippen LogP contribution in [0.1, 0.15) is 17.0 Å². The molecule has 1 aromatic carbocycles. The lowest BCUT2D eigenvalue weighted by molar-refractivity contribution is -0.136. The lowest BCUT2D eigenvalue weighted by atomic mass is 10.1. The molecule has 3 rings (SSSR count). The van der Waals surface area contributed by atoms with Crippen molar-refractivity contribution in [2.45, 2.75) is 20.0 Å². The Labute approximate surface area is 124 Å². The number of rotatable bonds is 2. The van der Waals surface area contributed by atoms with Crippen LogP contribution in [0.5, 0.6) is 0 Å². The number of aryl methyl sites for hydroxylation is 2. The van der Waals surface area contributed by atoms with Gasteiger partial charge >= 0.3 is 6.18 Å². The van der Waals surface area contributed by atoms with Crippen molar-refractivity contribution in [3.63, 3.8) is 0 Å². The molecule has 7 heteroatoms. The fraction of sp³-hybridized carbons (Fsp3) is 0.200. The Morgan fingerprint density at radius 2 is 1.77 bits per heavy atom. The van der Waals surface area contributed by atoms with Crippen LogP contribution in [0, 0.1) is 13.8 Å². The number of hydrogen-bond donors (Lipinski definition) is 1. The third kappa shape index (κ3) is 2.61. The number of aromatic nitrogens is 3. The molecule has 0 aliphatic rings. The van der Waals surface area contributed by atoms with Crippen molar-refractivity contribution in [1.82, 2.24) is 14.6 Å². The van der Waals surface area contributed by atoms with Crippen molar-refractivity contribution in [3.05, 3.63) is 53.3 Å². The van der Waals surface area contributed by atoms with Crippen LogP contribution < -0.4 is 5.32 Å². The minimum absolute atomic E-state index is 0.0185. The predicted molar refractivity (Wildman–Crippen MR) is 77.2 cm³/mol. The lowest BCUT2D eigenvalue weighted by Gasteiger charge is -2.15. The highest BCUT2D eigenvalue weighted by Gasteiger charge is 2.33. The van der Waals surface area contributed by atoms with Gasteiger partial charge in [-0.3, -0.25) is 0 Å². The molecule has 0 atom stereocenters. The molecular weight excluding hydrogens is 293 g/mol. The van der Waals surface area contributed by atoms with Crippen LogP contribution in [0.2, 0.25) is 0 Å². The molecule has 4 nitrogen and oxygen atoms in total. The van der Waals surface area contributed by atoms with Gasteiger partial charge in [0.15, 0.2) is 5.65 Å². The maximum Gasteiger partial charge on any atom is 0.418 e. The van der Waals surface area contributed by atoms with Gasteiger partial charge in [0.25, 0.3) is 0 Å². The second-order valence-electron chi connectivity index (χ2n) is 5.01. The van der Waals surface area contributed by atoms with Crippen LogP contribution in [0.15, 0.2) is 36.4 Å². The van der Waals surface area contributed by atoms with Crippen LogP contribution in [0.4, 0.5) is 24.7 Å².